The third kappa shape index (κ3) is 2.38. The van der Waals surface area contributed by atoms with Gasteiger partial charge in [0.05, 0.1) is 5.54 Å². The number of hydrogen-bond donors (Lipinski definition) is 1. The summed E-state index contributed by atoms with van der Waals surface area (Å²) in [5, 5.41) is 4.06. The second kappa shape index (κ2) is 4.74. The fourth-order valence-corrected chi connectivity index (χ4v) is 2.52. The van der Waals surface area contributed by atoms with Gasteiger partial charge in [-0.1, -0.05) is 18.1 Å². The van der Waals surface area contributed by atoms with E-state index in [1.807, 2.05) is 18.2 Å². The van der Waals surface area contributed by atoms with E-state index in [9.17, 15) is 0 Å². The molecule has 1 fully saturated rings. The van der Waals surface area contributed by atoms with E-state index in [2.05, 4.69) is 22.0 Å². The summed E-state index contributed by atoms with van der Waals surface area (Å²) in [5.41, 5.74) is 6.68. The van der Waals surface area contributed by atoms with Crippen molar-refractivity contribution in [3.8, 4) is 11.6 Å². The summed E-state index contributed by atoms with van der Waals surface area (Å²) < 4.78 is 5.29. The molecule has 0 bridgehead atoms. The maximum Gasteiger partial charge on any atom is 0.276 e. The van der Waals surface area contributed by atoms with Gasteiger partial charge in [0.25, 0.3) is 5.89 Å². The molecular formula is C14H18N4O. The molecule has 2 heterocycles. The molecule has 0 spiro atoms. The third-order valence-electron chi connectivity index (χ3n) is 3.92. The quantitative estimate of drug-likeness (QED) is 0.895. The molecule has 0 atom stereocenters. The number of nitrogens with zero attached hydrogens (tertiary/aromatic N) is 3. The molecule has 0 radical (unpaired) electrons. The van der Waals surface area contributed by atoms with Crippen LogP contribution in [0.15, 0.2) is 28.9 Å². The molecule has 0 amide bonds. The minimum atomic E-state index is -0.441. The fraction of sp³-hybridized carbons (Fsp3) is 0.500. The topological polar surface area (TPSA) is 77.8 Å². The maximum atomic E-state index is 6.43. The van der Waals surface area contributed by atoms with Gasteiger partial charge in [0.1, 0.15) is 5.69 Å². The number of nitrogens with two attached hydrogens (primary N) is 1. The summed E-state index contributed by atoms with van der Waals surface area (Å²) >= 11 is 0. The van der Waals surface area contributed by atoms with Crippen molar-refractivity contribution < 1.29 is 4.52 Å². The number of hydrogen-bond acceptors (Lipinski definition) is 5. The third-order valence-corrected chi connectivity index (χ3v) is 3.92. The second-order valence-corrected chi connectivity index (χ2v) is 5.48. The molecule has 100 valence electrons. The highest BCUT2D eigenvalue weighted by Crippen LogP contribution is 2.36. The average Bonchev–Trinajstić information content (AvgIpc) is 2.94. The first-order chi connectivity index (χ1) is 9.17. The summed E-state index contributed by atoms with van der Waals surface area (Å²) in [6.45, 7) is 2.26. The molecule has 3 rings (SSSR count). The standard InChI is InChI=1S/C14H18N4O/c1-10-5-7-14(15,8-6-10)13-17-12(19-18-13)11-4-2-3-9-16-11/h2-4,9-10H,5-8,15H2,1H3. The molecule has 1 aliphatic carbocycles. The van der Waals surface area contributed by atoms with E-state index in [4.69, 9.17) is 10.3 Å². The van der Waals surface area contributed by atoms with Crippen molar-refractivity contribution in [1.29, 1.82) is 0 Å². The largest absolute Gasteiger partial charge is 0.332 e. The minimum absolute atomic E-state index is 0.441. The van der Waals surface area contributed by atoms with E-state index in [0.29, 0.717) is 17.4 Å². The molecule has 0 aromatic carbocycles. The van der Waals surface area contributed by atoms with Gasteiger partial charge in [-0.25, -0.2) is 0 Å². The van der Waals surface area contributed by atoms with E-state index in [0.717, 1.165) is 31.6 Å². The van der Waals surface area contributed by atoms with E-state index >= 15 is 0 Å². The van der Waals surface area contributed by atoms with Crippen molar-refractivity contribution >= 4 is 0 Å². The fourth-order valence-electron chi connectivity index (χ4n) is 2.52. The van der Waals surface area contributed by atoms with Crippen molar-refractivity contribution in [3.05, 3.63) is 30.2 Å². The Hall–Kier alpha value is -1.75. The lowest BCUT2D eigenvalue weighted by atomic mass is 9.77. The molecule has 5 nitrogen and oxygen atoms in total. The molecule has 0 aliphatic heterocycles. The Balaban J connectivity index is 1.85. The van der Waals surface area contributed by atoms with Crippen LogP contribution in [-0.2, 0) is 5.54 Å². The summed E-state index contributed by atoms with van der Waals surface area (Å²) in [5.74, 6) is 1.79. The van der Waals surface area contributed by atoms with Crippen molar-refractivity contribution in [2.45, 2.75) is 38.1 Å². The highest BCUT2D eigenvalue weighted by molar-refractivity contribution is 5.45. The van der Waals surface area contributed by atoms with Gasteiger partial charge in [0.2, 0.25) is 0 Å². The van der Waals surface area contributed by atoms with Crippen molar-refractivity contribution in [2.75, 3.05) is 0 Å². The zero-order valence-electron chi connectivity index (χ0n) is 11.0. The molecule has 1 saturated carbocycles. The van der Waals surface area contributed by atoms with Crippen LogP contribution in [0.5, 0.6) is 0 Å². The molecule has 19 heavy (non-hydrogen) atoms. The van der Waals surface area contributed by atoms with Crippen LogP contribution in [0.3, 0.4) is 0 Å². The lowest BCUT2D eigenvalue weighted by Gasteiger charge is -2.33. The van der Waals surface area contributed by atoms with Crippen LogP contribution in [0.1, 0.15) is 38.4 Å². The van der Waals surface area contributed by atoms with Gasteiger partial charge >= 0.3 is 0 Å². The van der Waals surface area contributed by atoms with Gasteiger partial charge in [-0.15, -0.1) is 0 Å². The monoisotopic (exact) mass is 258 g/mol. The average molecular weight is 258 g/mol. The highest BCUT2D eigenvalue weighted by Gasteiger charge is 2.36. The van der Waals surface area contributed by atoms with Crippen LogP contribution in [0.2, 0.25) is 0 Å². The summed E-state index contributed by atoms with van der Waals surface area (Å²) in [4.78, 5) is 8.64. The smallest absolute Gasteiger partial charge is 0.276 e. The lowest BCUT2D eigenvalue weighted by molar-refractivity contribution is 0.230. The second-order valence-electron chi connectivity index (χ2n) is 5.48. The highest BCUT2D eigenvalue weighted by atomic mass is 16.5. The number of pyridine rings is 1. The van der Waals surface area contributed by atoms with Gasteiger partial charge in [0.15, 0.2) is 5.82 Å². The zero-order valence-corrected chi connectivity index (χ0v) is 11.0. The molecule has 2 aromatic rings. The van der Waals surface area contributed by atoms with Crippen LogP contribution < -0.4 is 5.73 Å². The molecule has 0 unspecified atom stereocenters. The Morgan fingerprint density at radius 1 is 1.32 bits per heavy atom. The van der Waals surface area contributed by atoms with E-state index < -0.39 is 5.54 Å². The van der Waals surface area contributed by atoms with Crippen LogP contribution in [0, 0.1) is 5.92 Å². The number of aromatic nitrogens is 3. The van der Waals surface area contributed by atoms with Crippen molar-refractivity contribution in [3.63, 3.8) is 0 Å². The zero-order chi connectivity index (χ0) is 13.3. The van der Waals surface area contributed by atoms with Crippen molar-refractivity contribution in [1.82, 2.24) is 15.1 Å². The first-order valence-corrected chi connectivity index (χ1v) is 6.72. The first-order valence-electron chi connectivity index (χ1n) is 6.72. The first kappa shape index (κ1) is 12.3. The van der Waals surface area contributed by atoms with Gasteiger partial charge in [0, 0.05) is 6.20 Å². The van der Waals surface area contributed by atoms with Gasteiger partial charge in [-0.05, 0) is 43.7 Å². The van der Waals surface area contributed by atoms with Gasteiger partial charge < -0.3 is 10.3 Å². The Morgan fingerprint density at radius 2 is 2.11 bits per heavy atom. The Labute approximate surface area is 112 Å². The maximum absolute atomic E-state index is 6.43. The Morgan fingerprint density at radius 3 is 2.79 bits per heavy atom. The predicted octanol–water partition coefficient (Wildman–Crippen LogP) is 2.50. The lowest BCUT2D eigenvalue weighted by Crippen LogP contribution is -2.41. The SMILES string of the molecule is CC1CCC(N)(c2noc(-c3ccccn3)n2)CC1. The van der Waals surface area contributed by atoms with Crippen LogP contribution in [-0.4, -0.2) is 15.1 Å². The minimum Gasteiger partial charge on any atom is -0.332 e. The predicted molar refractivity (Wildman–Crippen MR) is 71.0 cm³/mol. The summed E-state index contributed by atoms with van der Waals surface area (Å²) in [6.07, 6.45) is 5.76. The van der Waals surface area contributed by atoms with Crippen LogP contribution >= 0.6 is 0 Å². The van der Waals surface area contributed by atoms with E-state index in [1.54, 1.807) is 6.20 Å². The number of rotatable bonds is 2. The van der Waals surface area contributed by atoms with Gasteiger partial charge in [-0.2, -0.15) is 4.98 Å². The van der Waals surface area contributed by atoms with Gasteiger partial charge in [-0.3, -0.25) is 4.98 Å². The molecule has 0 saturated heterocycles. The Kier molecular flexibility index (Phi) is 3.06. The van der Waals surface area contributed by atoms with Crippen LogP contribution in [0.25, 0.3) is 11.6 Å². The van der Waals surface area contributed by atoms with E-state index in [1.165, 1.54) is 0 Å². The molecule has 2 aromatic heterocycles. The molecule has 2 N–H and O–H groups in total. The van der Waals surface area contributed by atoms with E-state index in [-0.39, 0.29) is 0 Å². The summed E-state index contributed by atoms with van der Waals surface area (Å²) in [7, 11) is 0. The molecule has 1 aliphatic rings. The Bertz CT molecular complexity index is 544. The normalized spacial score (nSPS) is 27.4. The summed E-state index contributed by atoms with van der Waals surface area (Å²) in [6, 6.07) is 5.60. The molecule has 5 heteroatoms. The van der Waals surface area contributed by atoms with Crippen molar-refractivity contribution in [2.24, 2.45) is 11.7 Å². The van der Waals surface area contributed by atoms with Crippen LogP contribution in [0.4, 0.5) is 0 Å². The molecular weight excluding hydrogens is 240 g/mol.